The van der Waals surface area contributed by atoms with E-state index in [4.69, 9.17) is 10.8 Å². The molecule has 76 valence electrons. The van der Waals surface area contributed by atoms with E-state index in [0.717, 1.165) is 0 Å². The third-order valence-corrected chi connectivity index (χ3v) is 2.30. The summed E-state index contributed by atoms with van der Waals surface area (Å²) in [6.07, 6.45) is -4.51. The fourth-order valence-corrected chi connectivity index (χ4v) is 1.52. The first-order valence-corrected chi connectivity index (χ1v) is 3.88. The van der Waals surface area contributed by atoms with Gasteiger partial charge < -0.3 is 10.8 Å². The van der Waals surface area contributed by atoms with Crippen LogP contribution in [0.5, 0.6) is 0 Å². The third kappa shape index (κ3) is 2.33. The van der Waals surface area contributed by atoms with Crippen molar-refractivity contribution in [1.29, 1.82) is 0 Å². The van der Waals surface area contributed by atoms with E-state index in [1.807, 2.05) is 0 Å². The summed E-state index contributed by atoms with van der Waals surface area (Å²) >= 11 is 0. The molecule has 6 heteroatoms. The molecule has 3 atom stereocenters. The maximum atomic E-state index is 12.0. The summed E-state index contributed by atoms with van der Waals surface area (Å²) < 4.78 is 36.1. The molecule has 3 nitrogen and oxygen atoms in total. The molecule has 1 saturated carbocycles. The second-order valence-electron chi connectivity index (χ2n) is 3.24. The van der Waals surface area contributed by atoms with Crippen LogP contribution in [0, 0.1) is 11.8 Å². The summed E-state index contributed by atoms with van der Waals surface area (Å²) in [6.45, 7) is 0. The van der Waals surface area contributed by atoms with Gasteiger partial charge in [-0.3, -0.25) is 4.79 Å². The fraction of sp³-hybridized carbons (Fsp3) is 0.857. The topological polar surface area (TPSA) is 63.3 Å². The average Bonchev–Trinajstić information content (AvgIpc) is 2.55. The van der Waals surface area contributed by atoms with Crippen LogP contribution in [-0.4, -0.2) is 23.3 Å². The standard InChI is InChI=1S/C7H10F3NO2/c8-7(9,10)5-3(6(5)11)1-2-4(12)13/h3,5-6H,1-2,11H2,(H,12,13)/t3-,5-,6+/m0/s1. The highest BCUT2D eigenvalue weighted by molar-refractivity contribution is 5.66. The summed E-state index contributed by atoms with van der Waals surface area (Å²) in [6, 6.07) is -0.903. The Balaban J connectivity index is 2.36. The number of hydrogen-bond donors (Lipinski definition) is 2. The lowest BCUT2D eigenvalue weighted by molar-refractivity contribution is -0.152. The molecule has 0 aromatic carbocycles. The van der Waals surface area contributed by atoms with E-state index in [-0.39, 0.29) is 12.8 Å². The van der Waals surface area contributed by atoms with Crippen molar-refractivity contribution in [2.75, 3.05) is 0 Å². The van der Waals surface area contributed by atoms with Crippen LogP contribution in [0.1, 0.15) is 12.8 Å². The molecule has 1 fully saturated rings. The van der Waals surface area contributed by atoms with Gasteiger partial charge in [-0.2, -0.15) is 13.2 Å². The minimum absolute atomic E-state index is 0.0146. The lowest BCUT2D eigenvalue weighted by Gasteiger charge is -2.03. The Morgan fingerprint density at radius 3 is 2.31 bits per heavy atom. The van der Waals surface area contributed by atoms with E-state index in [0.29, 0.717) is 0 Å². The zero-order chi connectivity index (χ0) is 10.2. The maximum absolute atomic E-state index is 12.0. The van der Waals surface area contributed by atoms with Crippen LogP contribution in [0.25, 0.3) is 0 Å². The predicted molar refractivity (Wildman–Crippen MR) is 37.9 cm³/mol. The molecule has 0 amide bonds. The van der Waals surface area contributed by atoms with Gasteiger partial charge in [0.15, 0.2) is 0 Å². The van der Waals surface area contributed by atoms with Crippen molar-refractivity contribution in [3.05, 3.63) is 0 Å². The molecule has 1 aliphatic carbocycles. The summed E-state index contributed by atoms with van der Waals surface area (Å²) in [5.74, 6) is -3.28. The van der Waals surface area contributed by atoms with Crippen LogP contribution in [0.4, 0.5) is 13.2 Å². The molecule has 0 unspecified atom stereocenters. The first-order chi connectivity index (χ1) is 5.84. The Morgan fingerprint density at radius 2 is 2.00 bits per heavy atom. The second kappa shape index (κ2) is 3.17. The Morgan fingerprint density at radius 1 is 1.46 bits per heavy atom. The minimum Gasteiger partial charge on any atom is -0.481 e. The lowest BCUT2D eigenvalue weighted by atomic mass is 10.2. The van der Waals surface area contributed by atoms with E-state index in [9.17, 15) is 18.0 Å². The molecule has 0 saturated heterocycles. The molecule has 3 N–H and O–H groups in total. The van der Waals surface area contributed by atoms with Crippen molar-refractivity contribution in [2.24, 2.45) is 17.6 Å². The Bertz CT molecular complexity index is 216. The number of carbonyl (C=O) groups is 1. The molecular formula is C7H10F3NO2. The summed E-state index contributed by atoms with van der Waals surface area (Å²) in [7, 11) is 0. The van der Waals surface area contributed by atoms with Gasteiger partial charge in [0.05, 0.1) is 5.92 Å². The largest absolute Gasteiger partial charge is 0.481 e. The predicted octanol–water partition coefficient (Wildman–Crippen LogP) is 0.987. The fourth-order valence-electron chi connectivity index (χ4n) is 1.52. The van der Waals surface area contributed by atoms with Gasteiger partial charge >= 0.3 is 12.1 Å². The highest BCUT2D eigenvalue weighted by atomic mass is 19.4. The molecule has 13 heavy (non-hydrogen) atoms. The Kier molecular flexibility index (Phi) is 2.51. The van der Waals surface area contributed by atoms with Crippen molar-refractivity contribution in [1.82, 2.24) is 0 Å². The van der Waals surface area contributed by atoms with Crippen LogP contribution < -0.4 is 5.73 Å². The first-order valence-electron chi connectivity index (χ1n) is 3.88. The van der Waals surface area contributed by atoms with E-state index >= 15 is 0 Å². The molecule has 0 heterocycles. The van der Waals surface area contributed by atoms with Gasteiger partial charge in [0.1, 0.15) is 0 Å². The summed E-state index contributed by atoms with van der Waals surface area (Å²) in [4.78, 5) is 10.1. The van der Waals surface area contributed by atoms with Gasteiger partial charge in [0.2, 0.25) is 0 Å². The number of carboxylic acids is 1. The van der Waals surface area contributed by atoms with E-state index < -0.39 is 30.0 Å². The van der Waals surface area contributed by atoms with Gasteiger partial charge in [0, 0.05) is 12.5 Å². The molecular weight excluding hydrogens is 187 g/mol. The van der Waals surface area contributed by atoms with Gasteiger partial charge in [0.25, 0.3) is 0 Å². The normalized spacial score (nSPS) is 33.1. The monoisotopic (exact) mass is 197 g/mol. The zero-order valence-corrected chi connectivity index (χ0v) is 6.71. The van der Waals surface area contributed by atoms with Gasteiger partial charge in [-0.25, -0.2) is 0 Å². The summed E-state index contributed by atoms with van der Waals surface area (Å²) in [5.41, 5.74) is 5.17. The third-order valence-electron chi connectivity index (χ3n) is 2.30. The molecule has 0 aliphatic heterocycles. The maximum Gasteiger partial charge on any atom is 0.393 e. The molecule has 0 aromatic rings. The zero-order valence-electron chi connectivity index (χ0n) is 6.71. The van der Waals surface area contributed by atoms with Crippen molar-refractivity contribution < 1.29 is 23.1 Å². The number of hydrogen-bond acceptors (Lipinski definition) is 2. The van der Waals surface area contributed by atoms with Gasteiger partial charge in [-0.05, 0) is 12.3 Å². The molecule has 0 bridgehead atoms. The second-order valence-corrected chi connectivity index (χ2v) is 3.24. The van der Waals surface area contributed by atoms with Crippen molar-refractivity contribution in [2.45, 2.75) is 25.1 Å². The Hall–Kier alpha value is -0.780. The van der Waals surface area contributed by atoms with Crippen LogP contribution in [0.15, 0.2) is 0 Å². The first kappa shape index (κ1) is 10.3. The van der Waals surface area contributed by atoms with E-state index in [2.05, 4.69) is 0 Å². The highest BCUT2D eigenvalue weighted by Gasteiger charge is 2.62. The van der Waals surface area contributed by atoms with Gasteiger partial charge in [-0.1, -0.05) is 0 Å². The van der Waals surface area contributed by atoms with Gasteiger partial charge in [-0.15, -0.1) is 0 Å². The number of alkyl halides is 3. The molecule has 1 aliphatic rings. The summed E-state index contributed by atoms with van der Waals surface area (Å²) in [5, 5.41) is 8.24. The molecule has 1 rings (SSSR count). The van der Waals surface area contributed by atoms with Crippen LogP contribution in [0.3, 0.4) is 0 Å². The molecule has 0 spiro atoms. The van der Waals surface area contributed by atoms with E-state index in [1.54, 1.807) is 0 Å². The number of nitrogens with two attached hydrogens (primary N) is 1. The molecule has 0 radical (unpaired) electrons. The number of carboxylic acid groups (broad SMARTS) is 1. The number of aliphatic carboxylic acids is 1. The SMILES string of the molecule is N[C@@H]1[C@@H](CCC(=O)O)[C@@H]1C(F)(F)F. The molecule has 0 aromatic heterocycles. The highest BCUT2D eigenvalue weighted by Crippen LogP contribution is 2.51. The van der Waals surface area contributed by atoms with Crippen LogP contribution in [0.2, 0.25) is 0 Å². The van der Waals surface area contributed by atoms with Crippen LogP contribution in [-0.2, 0) is 4.79 Å². The van der Waals surface area contributed by atoms with Crippen molar-refractivity contribution in [3.8, 4) is 0 Å². The van der Waals surface area contributed by atoms with Crippen molar-refractivity contribution >= 4 is 5.97 Å². The van der Waals surface area contributed by atoms with Crippen LogP contribution >= 0.6 is 0 Å². The Labute approximate surface area is 72.7 Å². The average molecular weight is 197 g/mol. The van der Waals surface area contributed by atoms with Crippen molar-refractivity contribution in [3.63, 3.8) is 0 Å². The smallest absolute Gasteiger partial charge is 0.393 e. The number of rotatable bonds is 3. The lowest BCUT2D eigenvalue weighted by Crippen LogP contribution is -2.17. The quantitative estimate of drug-likeness (QED) is 0.709. The van der Waals surface area contributed by atoms with E-state index in [1.165, 1.54) is 0 Å². The number of halogens is 3. The minimum atomic E-state index is -4.28.